The van der Waals surface area contributed by atoms with Gasteiger partial charge in [0.2, 0.25) is 0 Å². The average molecular weight is 692 g/mol. The van der Waals surface area contributed by atoms with E-state index in [1.165, 1.54) is 31.9 Å². The fraction of sp³-hybridized carbons (Fsp3) is 0.0400. The van der Waals surface area contributed by atoms with Crippen molar-refractivity contribution in [1.29, 1.82) is 0 Å². The van der Waals surface area contributed by atoms with Crippen molar-refractivity contribution in [2.24, 2.45) is 5.73 Å². The minimum atomic E-state index is -0.751. The molecule has 2 aromatic heterocycles. The number of rotatable bonds is 6. The third kappa shape index (κ3) is 9.80. The zero-order valence-electron chi connectivity index (χ0n) is 21.3. The van der Waals surface area contributed by atoms with Crippen molar-refractivity contribution in [3.63, 3.8) is 0 Å². The number of hydrogen-bond acceptors (Lipinski definition) is 10. The summed E-state index contributed by atoms with van der Waals surface area (Å²) >= 11 is 6.56. The van der Waals surface area contributed by atoms with Crippen LogP contribution >= 0.6 is 31.9 Å². The molecule has 0 fully saturated rings. The highest BCUT2D eigenvalue weighted by molar-refractivity contribution is 9.10. The van der Waals surface area contributed by atoms with Crippen molar-refractivity contribution in [1.82, 2.24) is 26.1 Å². The number of hydrogen-bond donors (Lipinski definition) is 4. The van der Waals surface area contributed by atoms with Crippen LogP contribution in [0, 0.1) is 0 Å². The molecule has 214 valence electrons. The zero-order valence-corrected chi connectivity index (χ0v) is 24.5. The zero-order chi connectivity index (χ0) is 28.4. The monoisotopic (exact) mass is 690 g/mol. The van der Waals surface area contributed by atoms with E-state index in [0.717, 1.165) is 8.95 Å². The number of nitrogens with zero attached hydrogens (tertiary/aromatic N) is 4. The van der Waals surface area contributed by atoms with E-state index in [0.29, 0.717) is 11.1 Å². The van der Waals surface area contributed by atoms with Gasteiger partial charge >= 0.3 is 5.97 Å². The molecule has 4 rings (SSSR count). The van der Waals surface area contributed by atoms with Gasteiger partial charge in [0.25, 0.3) is 17.7 Å². The molecule has 0 saturated carbocycles. The van der Waals surface area contributed by atoms with Crippen molar-refractivity contribution in [2.75, 3.05) is 17.7 Å². The number of nitrogens with two attached hydrogens (primary N) is 1. The van der Waals surface area contributed by atoms with Crippen molar-refractivity contribution >= 4 is 67.2 Å². The molecule has 4 aromatic rings. The molecule has 14 nitrogen and oxygen atoms in total. The van der Waals surface area contributed by atoms with Gasteiger partial charge < -0.3 is 32.7 Å². The molecule has 2 heterocycles. The molecule has 0 atom stereocenters. The lowest BCUT2D eigenvalue weighted by atomic mass is 10.2. The third-order valence-electron chi connectivity index (χ3n) is 4.69. The molecule has 0 saturated heterocycles. The summed E-state index contributed by atoms with van der Waals surface area (Å²) < 4.78 is 6.31. The van der Waals surface area contributed by atoms with Crippen LogP contribution < -0.4 is 22.5 Å². The molecule has 41 heavy (non-hydrogen) atoms. The van der Waals surface area contributed by atoms with Gasteiger partial charge in [0.15, 0.2) is 23.0 Å². The van der Waals surface area contributed by atoms with Gasteiger partial charge in [0.1, 0.15) is 0 Å². The summed E-state index contributed by atoms with van der Waals surface area (Å²) in [5, 5.41) is 5.03. The maximum Gasteiger partial charge on any atom is 0.360 e. The normalized spacial score (nSPS) is 9.44. The molecule has 0 aliphatic heterocycles. The first-order valence-electron chi connectivity index (χ1n) is 10.8. The lowest BCUT2D eigenvalue weighted by Crippen LogP contribution is -2.20. The summed E-state index contributed by atoms with van der Waals surface area (Å²) in [6, 6.07) is 13.5. The molecule has 0 bridgehead atoms. The first-order valence-corrected chi connectivity index (χ1v) is 12.4. The number of nitrogens with one attached hydrogen (secondary N) is 2. The molecule has 0 radical (unpaired) electrons. The fourth-order valence-electron chi connectivity index (χ4n) is 2.85. The smallest absolute Gasteiger partial charge is 0.360 e. The Balaban J connectivity index is 0.000000391. The molecule has 0 spiro atoms. The van der Waals surface area contributed by atoms with Crippen LogP contribution in [0.4, 0.5) is 11.6 Å². The number of amides is 3. The summed E-state index contributed by atoms with van der Waals surface area (Å²) in [5.74, 6) is -2.09. The second-order valence-electron chi connectivity index (χ2n) is 7.28. The maximum atomic E-state index is 12.0. The number of aromatic nitrogens is 4. The second-order valence-corrected chi connectivity index (χ2v) is 9.12. The van der Waals surface area contributed by atoms with Gasteiger partial charge in [-0.1, -0.05) is 31.9 Å². The predicted octanol–water partition coefficient (Wildman–Crippen LogP) is 3.21. The molecular weight excluding hydrogens is 668 g/mol. The Bertz CT molecular complexity index is 1500. The Morgan fingerprint density at radius 3 is 1.44 bits per heavy atom. The van der Waals surface area contributed by atoms with Gasteiger partial charge in [-0.15, -0.1) is 0 Å². The third-order valence-corrected chi connectivity index (χ3v) is 5.74. The van der Waals surface area contributed by atoms with Crippen LogP contribution in [0.2, 0.25) is 0 Å². The lowest BCUT2D eigenvalue weighted by Gasteiger charge is -2.07. The van der Waals surface area contributed by atoms with Crippen LogP contribution in [0.15, 0.2) is 82.3 Å². The molecule has 0 aliphatic rings. The van der Waals surface area contributed by atoms with Crippen molar-refractivity contribution in [2.45, 2.75) is 0 Å². The number of halogens is 2. The number of anilines is 2. The van der Waals surface area contributed by atoms with Crippen molar-refractivity contribution < 1.29 is 29.4 Å². The topological polar surface area (TPSA) is 246 Å². The highest BCUT2D eigenvalue weighted by atomic mass is 79.9. The Kier molecular flexibility index (Phi) is 13.8. The number of methoxy groups -OCH3 is 1. The first kappa shape index (κ1) is 34.4. The average Bonchev–Trinajstić information content (AvgIpc) is 2.94. The van der Waals surface area contributed by atoms with Gasteiger partial charge in [0, 0.05) is 44.9 Å². The molecular formula is C25H24Br2N8O6. The summed E-state index contributed by atoms with van der Waals surface area (Å²) in [7, 11) is 1.23. The molecule has 0 aliphatic carbocycles. The van der Waals surface area contributed by atoms with E-state index in [4.69, 9.17) is 5.73 Å². The number of benzene rings is 2. The van der Waals surface area contributed by atoms with Gasteiger partial charge in [-0.25, -0.2) is 24.7 Å². The van der Waals surface area contributed by atoms with Gasteiger partial charge in [-0.05, 0) is 48.5 Å². The van der Waals surface area contributed by atoms with E-state index in [1.807, 2.05) is 0 Å². The lowest BCUT2D eigenvalue weighted by molar-refractivity contribution is 0.0594. The highest BCUT2D eigenvalue weighted by Crippen LogP contribution is 2.15. The van der Waals surface area contributed by atoms with E-state index in [-0.39, 0.29) is 40.6 Å². The Morgan fingerprint density at radius 2 is 1.05 bits per heavy atom. The second kappa shape index (κ2) is 16.5. The quantitative estimate of drug-likeness (QED) is 0.215. The van der Waals surface area contributed by atoms with Crippen LogP contribution in [0.1, 0.15) is 41.7 Å². The Labute approximate surface area is 250 Å². The summed E-state index contributed by atoms with van der Waals surface area (Å²) in [6.45, 7) is 0. The van der Waals surface area contributed by atoms with Crippen LogP contribution in [0.3, 0.4) is 0 Å². The molecule has 0 unspecified atom stereocenters. The fourth-order valence-corrected chi connectivity index (χ4v) is 3.38. The SMILES string of the molecule is COC(=O)c1nccnc1NC(=O)c1ccc(Br)cc1.N.NC(=O)c1nccnc1NC(=O)c1ccc(Br)cc1.O. The van der Waals surface area contributed by atoms with Crippen LogP contribution in [0.25, 0.3) is 0 Å². The first-order chi connectivity index (χ1) is 18.7. The number of primary amides is 1. The van der Waals surface area contributed by atoms with Crippen molar-refractivity contribution in [3.05, 3.63) is 105 Å². The predicted molar refractivity (Wildman–Crippen MR) is 157 cm³/mol. The minimum Gasteiger partial charge on any atom is -0.464 e. The number of esters is 1. The minimum absolute atomic E-state index is 0. The number of carbonyl (C=O) groups excluding carboxylic acids is 4. The standard InChI is InChI=1S/C13H10BrN3O3.C12H9BrN4O2.H3N.H2O/c1-20-13(19)10-11(16-7-6-15-10)17-12(18)8-2-4-9(14)5-3-8;13-8-3-1-7(2-4-8)12(19)17-11-9(10(14)18)15-5-6-16-11;;/h2-7H,1H3,(H,16,17,18);1-6H,(H2,14,18)(H,16,17,19);1H3;1H2. The molecule has 2 aromatic carbocycles. The molecule has 16 heteroatoms. The highest BCUT2D eigenvalue weighted by Gasteiger charge is 2.17. The van der Waals surface area contributed by atoms with E-state index in [9.17, 15) is 19.2 Å². The van der Waals surface area contributed by atoms with E-state index >= 15 is 0 Å². The van der Waals surface area contributed by atoms with E-state index in [1.54, 1.807) is 48.5 Å². The van der Waals surface area contributed by atoms with Crippen LogP contribution in [-0.4, -0.2) is 56.2 Å². The summed E-state index contributed by atoms with van der Waals surface area (Å²) in [6.07, 6.45) is 5.42. The maximum absolute atomic E-state index is 12.0. The van der Waals surface area contributed by atoms with Gasteiger partial charge in [0.05, 0.1) is 7.11 Å². The summed E-state index contributed by atoms with van der Waals surface area (Å²) in [4.78, 5) is 62.1. The van der Waals surface area contributed by atoms with Crippen LogP contribution in [0.5, 0.6) is 0 Å². The van der Waals surface area contributed by atoms with Crippen LogP contribution in [-0.2, 0) is 4.74 Å². The summed E-state index contributed by atoms with van der Waals surface area (Å²) in [5.41, 5.74) is 5.91. The van der Waals surface area contributed by atoms with E-state index < -0.39 is 17.8 Å². The van der Waals surface area contributed by atoms with Gasteiger partial charge in [-0.2, -0.15) is 0 Å². The van der Waals surface area contributed by atoms with Crippen molar-refractivity contribution in [3.8, 4) is 0 Å². The Hall–Kier alpha value is -4.64. The van der Waals surface area contributed by atoms with Gasteiger partial charge in [-0.3, -0.25) is 14.4 Å². The van der Waals surface area contributed by atoms with E-state index in [2.05, 4.69) is 67.2 Å². The Morgan fingerprint density at radius 1 is 0.683 bits per heavy atom. The largest absolute Gasteiger partial charge is 0.464 e. The molecule has 9 N–H and O–H groups in total. The number of carbonyl (C=O) groups is 4. The molecule has 3 amide bonds. The number of ether oxygens (including phenoxy) is 1.